The molecule has 2 heterocycles. The number of aromatic nitrogens is 3. The van der Waals surface area contributed by atoms with Crippen molar-refractivity contribution in [3.8, 4) is 10.8 Å². The molecule has 0 aliphatic rings. The Morgan fingerprint density at radius 2 is 2.00 bits per heavy atom. The van der Waals surface area contributed by atoms with Crippen molar-refractivity contribution in [1.82, 2.24) is 15.2 Å². The summed E-state index contributed by atoms with van der Waals surface area (Å²) in [6.07, 6.45) is 0.392. The molecule has 2 aromatic heterocycles. The third-order valence-corrected chi connectivity index (χ3v) is 3.52. The Labute approximate surface area is 121 Å². The molecule has 0 aliphatic carbocycles. The molecular formula is C13H18N4O2S. The summed E-state index contributed by atoms with van der Waals surface area (Å²) in [4.78, 5) is 16.9. The summed E-state index contributed by atoms with van der Waals surface area (Å²) in [5.41, 5.74) is 0.766. The first-order valence-corrected chi connectivity index (χ1v) is 7.14. The maximum Gasteiger partial charge on any atom is 0.322 e. The lowest BCUT2D eigenvalue weighted by Gasteiger charge is -2.15. The fraction of sp³-hybridized carbons (Fsp3) is 0.538. The Kier molecular flexibility index (Phi) is 3.89. The molecule has 1 amide bonds. The van der Waals surface area contributed by atoms with Crippen LogP contribution in [0.25, 0.3) is 10.8 Å². The van der Waals surface area contributed by atoms with E-state index in [0.717, 1.165) is 15.6 Å². The van der Waals surface area contributed by atoms with Crippen LogP contribution in [0, 0.1) is 19.3 Å². The first-order valence-electron chi connectivity index (χ1n) is 6.32. The van der Waals surface area contributed by atoms with Crippen molar-refractivity contribution in [2.75, 3.05) is 5.32 Å². The van der Waals surface area contributed by atoms with Crippen LogP contribution >= 0.6 is 11.3 Å². The van der Waals surface area contributed by atoms with E-state index in [-0.39, 0.29) is 17.3 Å². The summed E-state index contributed by atoms with van der Waals surface area (Å²) in [7, 11) is 0. The molecule has 0 spiro atoms. The molecule has 0 bridgehead atoms. The number of anilines is 1. The SMILES string of the molecule is Cc1nc(C)c(-c2nnc(NC(=O)CC(C)(C)C)o2)s1. The monoisotopic (exact) mass is 294 g/mol. The average molecular weight is 294 g/mol. The molecule has 2 aromatic rings. The van der Waals surface area contributed by atoms with E-state index < -0.39 is 0 Å². The Morgan fingerprint density at radius 1 is 1.30 bits per heavy atom. The molecule has 1 N–H and O–H groups in total. The van der Waals surface area contributed by atoms with E-state index in [0.29, 0.717) is 12.3 Å². The highest BCUT2D eigenvalue weighted by Crippen LogP contribution is 2.29. The molecule has 6 nitrogen and oxygen atoms in total. The minimum atomic E-state index is -0.134. The zero-order chi connectivity index (χ0) is 14.9. The standard InChI is InChI=1S/C13H18N4O2S/c1-7-10(20-8(2)14-7)11-16-17-12(19-11)15-9(18)6-13(3,4)5/h6H2,1-5H3,(H,15,17,18). The van der Waals surface area contributed by atoms with Crippen molar-refractivity contribution in [2.45, 2.75) is 41.0 Å². The normalized spacial score (nSPS) is 11.7. The van der Waals surface area contributed by atoms with Gasteiger partial charge in [0, 0.05) is 6.42 Å². The van der Waals surface area contributed by atoms with Gasteiger partial charge in [-0.15, -0.1) is 16.4 Å². The molecule has 108 valence electrons. The smallest absolute Gasteiger partial charge is 0.322 e. The van der Waals surface area contributed by atoms with Crippen LogP contribution in [0.2, 0.25) is 0 Å². The molecule has 7 heteroatoms. The van der Waals surface area contributed by atoms with Gasteiger partial charge in [0.05, 0.1) is 10.7 Å². The predicted octanol–water partition coefficient (Wildman–Crippen LogP) is 3.18. The summed E-state index contributed by atoms with van der Waals surface area (Å²) >= 11 is 1.49. The second kappa shape index (κ2) is 5.32. The number of hydrogen-bond donors (Lipinski definition) is 1. The average Bonchev–Trinajstić information content (AvgIpc) is 2.82. The van der Waals surface area contributed by atoms with Crippen LogP contribution in [-0.4, -0.2) is 21.1 Å². The highest BCUT2D eigenvalue weighted by molar-refractivity contribution is 7.15. The molecule has 0 saturated heterocycles. The van der Waals surface area contributed by atoms with Crippen molar-refractivity contribution in [3.63, 3.8) is 0 Å². The summed E-state index contributed by atoms with van der Waals surface area (Å²) < 4.78 is 5.47. The number of hydrogen-bond acceptors (Lipinski definition) is 6. The second-order valence-corrected chi connectivity index (χ2v) is 7.05. The highest BCUT2D eigenvalue weighted by Gasteiger charge is 2.19. The Hall–Kier alpha value is -1.76. The van der Waals surface area contributed by atoms with E-state index in [1.54, 1.807) is 0 Å². The number of nitrogens with zero attached hydrogens (tertiary/aromatic N) is 3. The molecule has 0 atom stereocenters. The molecule has 2 rings (SSSR count). The van der Waals surface area contributed by atoms with Gasteiger partial charge in [-0.25, -0.2) is 4.98 Å². The van der Waals surface area contributed by atoms with E-state index in [2.05, 4.69) is 20.5 Å². The fourth-order valence-corrected chi connectivity index (χ4v) is 2.58. The number of carbonyl (C=O) groups is 1. The van der Waals surface area contributed by atoms with Gasteiger partial charge in [0.2, 0.25) is 5.91 Å². The highest BCUT2D eigenvalue weighted by atomic mass is 32.1. The van der Waals surface area contributed by atoms with Crippen LogP contribution in [0.5, 0.6) is 0 Å². The Morgan fingerprint density at radius 3 is 2.55 bits per heavy atom. The van der Waals surface area contributed by atoms with Gasteiger partial charge in [0.15, 0.2) is 0 Å². The van der Waals surface area contributed by atoms with Crippen molar-refractivity contribution in [3.05, 3.63) is 10.7 Å². The van der Waals surface area contributed by atoms with Crippen molar-refractivity contribution in [2.24, 2.45) is 5.41 Å². The van der Waals surface area contributed by atoms with Gasteiger partial charge in [-0.1, -0.05) is 25.9 Å². The van der Waals surface area contributed by atoms with Gasteiger partial charge < -0.3 is 4.42 Å². The third kappa shape index (κ3) is 3.63. The quantitative estimate of drug-likeness (QED) is 0.940. The van der Waals surface area contributed by atoms with E-state index in [4.69, 9.17) is 4.42 Å². The number of aryl methyl sites for hydroxylation is 2. The molecule has 0 aromatic carbocycles. The molecular weight excluding hydrogens is 276 g/mol. The van der Waals surface area contributed by atoms with Crippen molar-refractivity contribution < 1.29 is 9.21 Å². The number of rotatable bonds is 3. The number of thiazole rings is 1. The number of nitrogens with one attached hydrogen (secondary N) is 1. The van der Waals surface area contributed by atoms with Crippen molar-refractivity contribution in [1.29, 1.82) is 0 Å². The van der Waals surface area contributed by atoms with E-state index >= 15 is 0 Å². The van der Waals surface area contributed by atoms with Crippen LogP contribution < -0.4 is 5.32 Å². The first-order chi connectivity index (χ1) is 9.24. The van der Waals surface area contributed by atoms with Gasteiger partial charge in [0.1, 0.15) is 4.88 Å². The number of carbonyl (C=O) groups excluding carboxylic acids is 1. The summed E-state index contributed by atoms with van der Waals surface area (Å²) in [5, 5.41) is 11.4. The van der Waals surface area contributed by atoms with E-state index in [9.17, 15) is 4.79 Å². The predicted molar refractivity (Wildman–Crippen MR) is 77.6 cm³/mol. The molecule has 0 fully saturated rings. The fourth-order valence-electron chi connectivity index (χ4n) is 1.74. The van der Waals surface area contributed by atoms with E-state index in [1.165, 1.54) is 11.3 Å². The lowest BCUT2D eigenvalue weighted by Crippen LogP contribution is -2.19. The summed E-state index contributed by atoms with van der Waals surface area (Å²) in [6.45, 7) is 9.80. The van der Waals surface area contributed by atoms with Crippen LogP contribution in [0.3, 0.4) is 0 Å². The van der Waals surface area contributed by atoms with Gasteiger partial charge in [-0.2, -0.15) is 0 Å². The third-order valence-electron chi connectivity index (χ3n) is 2.46. The van der Waals surface area contributed by atoms with Crippen LogP contribution in [0.1, 0.15) is 37.9 Å². The van der Waals surface area contributed by atoms with Crippen LogP contribution in [0.15, 0.2) is 4.42 Å². The molecule has 0 aliphatic heterocycles. The van der Waals surface area contributed by atoms with Gasteiger partial charge in [-0.05, 0) is 19.3 Å². The molecule has 0 saturated carbocycles. The maximum atomic E-state index is 11.8. The molecule has 0 unspecified atom stereocenters. The zero-order valence-corrected chi connectivity index (χ0v) is 13.1. The van der Waals surface area contributed by atoms with Crippen LogP contribution in [-0.2, 0) is 4.79 Å². The summed E-state index contributed by atoms with van der Waals surface area (Å²) in [6, 6.07) is 0.125. The molecule has 0 radical (unpaired) electrons. The summed E-state index contributed by atoms with van der Waals surface area (Å²) in [5.74, 6) is 0.254. The van der Waals surface area contributed by atoms with Gasteiger partial charge >= 0.3 is 6.01 Å². The number of amides is 1. The van der Waals surface area contributed by atoms with Gasteiger partial charge in [0.25, 0.3) is 5.89 Å². The minimum absolute atomic E-state index is 0.0850. The largest absolute Gasteiger partial charge is 0.402 e. The van der Waals surface area contributed by atoms with Crippen molar-refractivity contribution >= 4 is 23.3 Å². The van der Waals surface area contributed by atoms with E-state index in [1.807, 2.05) is 34.6 Å². The second-order valence-electron chi connectivity index (χ2n) is 5.85. The lowest BCUT2D eigenvalue weighted by molar-refractivity contribution is -0.117. The van der Waals surface area contributed by atoms with Gasteiger partial charge in [-0.3, -0.25) is 10.1 Å². The molecule has 20 heavy (non-hydrogen) atoms. The van der Waals surface area contributed by atoms with Crippen LogP contribution in [0.4, 0.5) is 6.01 Å². The Bertz CT molecular complexity index is 625. The Balaban J connectivity index is 2.10. The first kappa shape index (κ1) is 14.6. The topological polar surface area (TPSA) is 80.9 Å². The minimum Gasteiger partial charge on any atom is -0.402 e. The zero-order valence-electron chi connectivity index (χ0n) is 12.3. The maximum absolute atomic E-state index is 11.8. The lowest BCUT2D eigenvalue weighted by atomic mass is 9.92.